The van der Waals surface area contributed by atoms with Crippen molar-refractivity contribution in [1.29, 1.82) is 0 Å². The van der Waals surface area contributed by atoms with E-state index in [4.69, 9.17) is 4.42 Å². The van der Waals surface area contributed by atoms with E-state index in [1.807, 2.05) is 0 Å². The molecule has 0 saturated carbocycles. The van der Waals surface area contributed by atoms with Crippen molar-refractivity contribution in [3.63, 3.8) is 0 Å². The fraction of sp³-hybridized carbons (Fsp3) is 0. The van der Waals surface area contributed by atoms with Crippen molar-refractivity contribution < 1.29 is 4.42 Å². The summed E-state index contributed by atoms with van der Waals surface area (Å²) in [5.41, 5.74) is 7.43. The normalized spacial score (nSPS) is 11.8. The van der Waals surface area contributed by atoms with Crippen LogP contribution in [0.4, 0.5) is 17.1 Å². The lowest BCUT2D eigenvalue weighted by Crippen LogP contribution is -2.11. The van der Waals surface area contributed by atoms with Crippen molar-refractivity contribution in [2.24, 2.45) is 0 Å². The van der Waals surface area contributed by atoms with E-state index in [0.717, 1.165) is 39.0 Å². The Balaban J connectivity index is 1.26. The molecular formula is C46H29NO. The van der Waals surface area contributed by atoms with Crippen LogP contribution in [-0.2, 0) is 0 Å². The van der Waals surface area contributed by atoms with Crippen LogP contribution < -0.4 is 4.90 Å². The molecule has 2 nitrogen and oxygen atoms in total. The van der Waals surface area contributed by atoms with Crippen LogP contribution in [0.2, 0.25) is 0 Å². The second-order valence-electron chi connectivity index (χ2n) is 12.6. The third kappa shape index (κ3) is 4.20. The summed E-state index contributed by atoms with van der Waals surface area (Å²) in [5, 5.41) is 12.0. The molecule has 0 amide bonds. The monoisotopic (exact) mass is 611 g/mol. The van der Waals surface area contributed by atoms with E-state index in [9.17, 15) is 0 Å². The van der Waals surface area contributed by atoms with Gasteiger partial charge in [-0.1, -0.05) is 127 Å². The summed E-state index contributed by atoms with van der Waals surface area (Å²) in [6.07, 6.45) is 0. The smallest absolute Gasteiger partial charge is 0.137 e. The summed E-state index contributed by atoms with van der Waals surface area (Å²) < 4.78 is 6.60. The summed E-state index contributed by atoms with van der Waals surface area (Å²) in [7, 11) is 0. The molecule has 0 saturated heterocycles. The molecular weight excluding hydrogens is 583 g/mol. The van der Waals surface area contributed by atoms with E-state index in [-0.39, 0.29) is 0 Å². The van der Waals surface area contributed by atoms with Crippen molar-refractivity contribution in [2.45, 2.75) is 0 Å². The highest BCUT2D eigenvalue weighted by molar-refractivity contribution is 6.23. The minimum absolute atomic E-state index is 0.874. The Bertz CT molecular complexity index is 2830. The van der Waals surface area contributed by atoms with Gasteiger partial charge in [0.15, 0.2) is 0 Å². The average Bonchev–Trinajstić information content (AvgIpc) is 3.51. The van der Waals surface area contributed by atoms with Crippen LogP contribution >= 0.6 is 0 Å². The molecule has 0 bridgehead atoms. The maximum atomic E-state index is 6.60. The molecule has 1 heterocycles. The van der Waals surface area contributed by atoms with Crippen LogP contribution in [0.15, 0.2) is 180 Å². The number of hydrogen-bond acceptors (Lipinski definition) is 2. The van der Waals surface area contributed by atoms with Gasteiger partial charge in [0, 0.05) is 33.6 Å². The van der Waals surface area contributed by atoms with E-state index in [0.29, 0.717) is 0 Å². The molecule has 0 fully saturated rings. The van der Waals surface area contributed by atoms with E-state index in [1.54, 1.807) is 0 Å². The SMILES string of the molecule is c1ccc(-c2ccc(N(c3ccc4c(c3)oc3cc5ccccc5cc34)c3cc4ccccc4c4ccc5ccccc5c34)cc2)cc1. The van der Waals surface area contributed by atoms with Crippen LogP contribution in [0.5, 0.6) is 0 Å². The third-order valence-electron chi connectivity index (χ3n) is 9.78. The fourth-order valence-corrected chi connectivity index (χ4v) is 7.49. The number of nitrogens with zero attached hydrogens (tertiary/aromatic N) is 1. The molecule has 2 heteroatoms. The topological polar surface area (TPSA) is 16.4 Å². The van der Waals surface area contributed by atoms with E-state index < -0.39 is 0 Å². The predicted molar refractivity (Wildman–Crippen MR) is 204 cm³/mol. The molecule has 10 rings (SSSR count). The van der Waals surface area contributed by atoms with Gasteiger partial charge in [-0.25, -0.2) is 0 Å². The van der Waals surface area contributed by atoms with E-state index in [1.165, 1.54) is 54.2 Å². The number of fused-ring (bicyclic) bond motifs is 9. The zero-order valence-corrected chi connectivity index (χ0v) is 26.1. The second kappa shape index (κ2) is 10.6. The first-order chi connectivity index (χ1) is 23.8. The van der Waals surface area contributed by atoms with Crippen molar-refractivity contribution in [2.75, 3.05) is 4.90 Å². The highest BCUT2D eigenvalue weighted by Gasteiger charge is 2.21. The lowest BCUT2D eigenvalue weighted by Gasteiger charge is -2.28. The zero-order chi connectivity index (χ0) is 31.6. The van der Waals surface area contributed by atoms with Crippen molar-refractivity contribution in [1.82, 2.24) is 0 Å². The van der Waals surface area contributed by atoms with Gasteiger partial charge in [0.1, 0.15) is 11.2 Å². The molecule has 48 heavy (non-hydrogen) atoms. The Morgan fingerprint density at radius 1 is 0.333 bits per heavy atom. The van der Waals surface area contributed by atoms with Crippen molar-refractivity contribution in [3.8, 4) is 11.1 Å². The number of anilines is 3. The molecule has 0 atom stereocenters. The molecule has 0 N–H and O–H groups in total. The maximum absolute atomic E-state index is 6.60. The first-order valence-electron chi connectivity index (χ1n) is 16.4. The highest BCUT2D eigenvalue weighted by atomic mass is 16.3. The van der Waals surface area contributed by atoms with Gasteiger partial charge < -0.3 is 9.32 Å². The molecule has 0 unspecified atom stereocenters. The molecule has 0 spiro atoms. The number of hydrogen-bond donors (Lipinski definition) is 0. The molecule has 10 aromatic rings. The lowest BCUT2D eigenvalue weighted by molar-refractivity contribution is 0.669. The van der Waals surface area contributed by atoms with Gasteiger partial charge >= 0.3 is 0 Å². The van der Waals surface area contributed by atoms with Gasteiger partial charge in [-0.2, -0.15) is 0 Å². The molecule has 9 aromatic carbocycles. The van der Waals surface area contributed by atoms with Gasteiger partial charge in [-0.15, -0.1) is 0 Å². The Morgan fingerprint density at radius 3 is 1.75 bits per heavy atom. The summed E-state index contributed by atoms with van der Waals surface area (Å²) in [6, 6.07) is 63.4. The van der Waals surface area contributed by atoms with Crippen molar-refractivity contribution >= 4 is 82.1 Å². The summed E-state index contributed by atoms with van der Waals surface area (Å²) in [4.78, 5) is 2.40. The van der Waals surface area contributed by atoms with E-state index in [2.05, 4.69) is 181 Å². The van der Waals surface area contributed by atoms with Gasteiger partial charge in [0.25, 0.3) is 0 Å². The van der Waals surface area contributed by atoms with Crippen LogP contribution in [-0.4, -0.2) is 0 Å². The summed E-state index contributed by atoms with van der Waals surface area (Å²) >= 11 is 0. The van der Waals surface area contributed by atoms with Crippen LogP contribution in [0.1, 0.15) is 0 Å². The Hall–Kier alpha value is -6.38. The third-order valence-corrected chi connectivity index (χ3v) is 9.78. The molecule has 0 aliphatic rings. The molecule has 224 valence electrons. The van der Waals surface area contributed by atoms with Crippen molar-refractivity contribution in [3.05, 3.63) is 176 Å². The molecule has 0 aliphatic carbocycles. The van der Waals surface area contributed by atoms with Crippen LogP contribution in [0.25, 0.3) is 76.2 Å². The predicted octanol–water partition coefficient (Wildman–Crippen LogP) is 13.3. The van der Waals surface area contributed by atoms with Gasteiger partial charge in [-0.05, 0) is 91.3 Å². The maximum Gasteiger partial charge on any atom is 0.137 e. The van der Waals surface area contributed by atoms with Crippen LogP contribution in [0.3, 0.4) is 0 Å². The lowest BCUT2D eigenvalue weighted by atomic mass is 9.94. The van der Waals surface area contributed by atoms with Gasteiger partial charge in [-0.3, -0.25) is 0 Å². The fourth-order valence-electron chi connectivity index (χ4n) is 7.49. The number of benzene rings is 9. The minimum Gasteiger partial charge on any atom is -0.456 e. The zero-order valence-electron chi connectivity index (χ0n) is 26.1. The minimum atomic E-state index is 0.874. The Labute approximate surface area is 277 Å². The van der Waals surface area contributed by atoms with E-state index >= 15 is 0 Å². The molecule has 0 radical (unpaired) electrons. The average molecular weight is 612 g/mol. The quantitative estimate of drug-likeness (QED) is 0.184. The molecule has 0 aliphatic heterocycles. The second-order valence-corrected chi connectivity index (χ2v) is 12.6. The van der Waals surface area contributed by atoms with Gasteiger partial charge in [0.2, 0.25) is 0 Å². The number of furan rings is 1. The number of rotatable bonds is 4. The summed E-state index contributed by atoms with van der Waals surface area (Å²) in [6.45, 7) is 0. The summed E-state index contributed by atoms with van der Waals surface area (Å²) in [5.74, 6) is 0. The van der Waals surface area contributed by atoms with Crippen LogP contribution in [0, 0.1) is 0 Å². The van der Waals surface area contributed by atoms with Gasteiger partial charge in [0.05, 0.1) is 5.69 Å². The largest absolute Gasteiger partial charge is 0.456 e. The Kier molecular flexibility index (Phi) is 5.91. The first kappa shape index (κ1) is 26.8. The highest BCUT2D eigenvalue weighted by Crippen LogP contribution is 2.46. The Morgan fingerprint density at radius 2 is 0.938 bits per heavy atom. The first-order valence-corrected chi connectivity index (χ1v) is 16.4. The standard InChI is InChI=1S/C46H29NO/c1-2-10-30(11-3-1)31-18-21-36(22-19-31)47(37-23-25-40-42-26-33-13-4-5-14-34(33)28-44(42)48-45(40)29-37)43-27-35-15-7-8-16-38(35)41-24-20-32-12-6-9-17-39(32)46(41)43/h1-29H. The molecule has 1 aromatic heterocycles.